The van der Waals surface area contributed by atoms with Crippen LogP contribution >= 0.6 is 0 Å². The Morgan fingerprint density at radius 2 is 1.86 bits per heavy atom. The summed E-state index contributed by atoms with van der Waals surface area (Å²) in [6.45, 7) is 11.5. The maximum absolute atomic E-state index is 11.7. The molecule has 1 fully saturated rings. The molecule has 2 rings (SSSR count). The van der Waals surface area contributed by atoms with Gasteiger partial charge in [0.05, 0.1) is 13.0 Å². The maximum atomic E-state index is 11.7. The van der Waals surface area contributed by atoms with Crippen molar-refractivity contribution in [2.75, 3.05) is 20.2 Å². The van der Waals surface area contributed by atoms with Gasteiger partial charge in [-0.15, -0.1) is 0 Å². The molecule has 116 valence electrons. The molecule has 1 heterocycles. The fraction of sp³-hybridized carbons (Fsp3) is 0.611. The molecule has 0 aliphatic carbocycles. The lowest BCUT2D eigenvalue weighted by Gasteiger charge is -2.20. The van der Waals surface area contributed by atoms with E-state index < -0.39 is 0 Å². The Morgan fingerprint density at radius 1 is 1.24 bits per heavy atom. The lowest BCUT2D eigenvalue weighted by molar-refractivity contribution is -0.146. The summed E-state index contributed by atoms with van der Waals surface area (Å²) in [5.41, 5.74) is 2.85. The van der Waals surface area contributed by atoms with Crippen molar-refractivity contribution in [1.29, 1.82) is 0 Å². The number of esters is 1. The third-order valence-corrected chi connectivity index (χ3v) is 4.42. The van der Waals surface area contributed by atoms with E-state index in [4.69, 9.17) is 4.74 Å². The van der Waals surface area contributed by atoms with Crippen LogP contribution < -0.4 is 0 Å². The lowest BCUT2D eigenvalue weighted by atomic mass is 9.87. The lowest BCUT2D eigenvalue weighted by Crippen LogP contribution is -2.24. The molecule has 0 spiro atoms. The minimum Gasteiger partial charge on any atom is -0.469 e. The highest BCUT2D eigenvalue weighted by Gasteiger charge is 2.35. The van der Waals surface area contributed by atoms with E-state index in [9.17, 15) is 4.79 Å². The summed E-state index contributed by atoms with van der Waals surface area (Å²) >= 11 is 0. The summed E-state index contributed by atoms with van der Waals surface area (Å²) in [7, 11) is 1.48. The molecular formula is C18H27NO2. The van der Waals surface area contributed by atoms with E-state index in [-0.39, 0.29) is 17.3 Å². The number of carbonyl (C=O) groups is 1. The smallest absolute Gasteiger partial charge is 0.310 e. The minimum absolute atomic E-state index is 0.0175. The SMILES string of the molecule is COC(=O)C1CN(Cc2ccc(C(C)(C)C)cc2)CC1C. The molecule has 21 heavy (non-hydrogen) atoms. The largest absolute Gasteiger partial charge is 0.469 e. The van der Waals surface area contributed by atoms with Crippen LogP contribution in [-0.4, -0.2) is 31.1 Å². The number of carbonyl (C=O) groups excluding carboxylic acids is 1. The van der Waals surface area contributed by atoms with E-state index >= 15 is 0 Å². The Morgan fingerprint density at radius 3 is 2.38 bits per heavy atom. The van der Waals surface area contributed by atoms with Gasteiger partial charge in [-0.25, -0.2) is 0 Å². The van der Waals surface area contributed by atoms with Crippen LogP contribution in [-0.2, 0) is 21.5 Å². The van der Waals surface area contributed by atoms with E-state index in [1.54, 1.807) is 0 Å². The first-order valence-corrected chi connectivity index (χ1v) is 7.71. The molecule has 1 aliphatic rings. The van der Waals surface area contributed by atoms with Crippen molar-refractivity contribution in [3.05, 3.63) is 35.4 Å². The van der Waals surface area contributed by atoms with Gasteiger partial charge in [0.2, 0.25) is 0 Å². The normalized spacial score (nSPS) is 23.3. The van der Waals surface area contributed by atoms with Gasteiger partial charge in [-0.2, -0.15) is 0 Å². The summed E-state index contributed by atoms with van der Waals surface area (Å²) in [6.07, 6.45) is 0. The molecule has 0 radical (unpaired) electrons. The molecule has 2 atom stereocenters. The van der Waals surface area contributed by atoms with Crippen molar-refractivity contribution in [1.82, 2.24) is 4.90 Å². The van der Waals surface area contributed by atoms with Gasteiger partial charge in [-0.3, -0.25) is 9.69 Å². The number of benzene rings is 1. The highest BCUT2D eigenvalue weighted by Crippen LogP contribution is 2.26. The Labute approximate surface area is 128 Å². The van der Waals surface area contributed by atoms with Crippen LogP contribution in [0.5, 0.6) is 0 Å². The first-order valence-electron chi connectivity index (χ1n) is 7.71. The fourth-order valence-corrected chi connectivity index (χ4v) is 3.02. The van der Waals surface area contributed by atoms with Crippen LogP contribution in [0.25, 0.3) is 0 Å². The van der Waals surface area contributed by atoms with E-state index in [1.165, 1.54) is 18.2 Å². The molecule has 0 bridgehead atoms. The molecule has 2 unspecified atom stereocenters. The van der Waals surface area contributed by atoms with Crippen LogP contribution in [0.2, 0.25) is 0 Å². The molecule has 0 N–H and O–H groups in total. The quantitative estimate of drug-likeness (QED) is 0.800. The number of hydrogen-bond donors (Lipinski definition) is 0. The van der Waals surface area contributed by atoms with E-state index in [0.29, 0.717) is 5.92 Å². The Bertz CT molecular complexity index is 487. The van der Waals surface area contributed by atoms with E-state index in [0.717, 1.165) is 19.6 Å². The number of ether oxygens (including phenoxy) is 1. The van der Waals surface area contributed by atoms with Crippen molar-refractivity contribution in [2.24, 2.45) is 11.8 Å². The fourth-order valence-electron chi connectivity index (χ4n) is 3.02. The van der Waals surface area contributed by atoms with Gasteiger partial charge < -0.3 is 4.74 Å². The molecule has 1 aromatic rings. The monoisotopic (exact) mass is 289 g/mol. The van der Waals surface area contributed by atoms with Gasteiger partial charge in [0.25, 0.3) is 0 Å². The highest BCUT2D eigenvalue weighted by atomic mass is 16.5. The van der Waals surface area contributed by atoms with Crippen LogP contribution in [0, 0.1) is 11.8 Å². The minimum atomic E-state index is -0.0759. The van der Waals surface area contributed by atoms with Crippen molar-refractivity contribution in [3.63, 3.8) is 0 Å². The number of methoxy groups -OCH3 is 1. The topological polar surface area (TPSA) is 29.5 Å². The van der Waals surface area contributed by atoms with Crippen molar-refractivity contribution < 1.29 is 9.53 Å². The standard InChI is InChI=1S/C18H27NO2/c1-13-10-19(12-16(13)17(20)21-5)11-14-6-8-15(9-7-14)18(2,3)4/h6-9,13,16H,10-12H2,1-5H3. The average molecular weight is 289 g/mol. The van der Waals surface area contributed by atoms with Gasteiger partial charge in [0, 0.05) is 19.6 Å². The van der Waals surface area contributed by atoms with Gasteiger partial charge in [-0.05, 0) is 22.5 Å². The highest BCUT2D eigenvalue weighted by molar-refractivity contribution is 5.73. The molecule has 1 aromatic carbocycles. The number of likely N-dealkylation sites (tertiary alicyclic amines) is 1. The zero-order valence-electron chi connectivity index (χ0n) is 13.8. The van der Waals surface area contributed by atoms with Gasteiger partial charge in [-0.1, -0.05) is 52.0 Å². The summed E-state index contributed by atoms with van der Waals surface area (Å²) in [6, 6.07) is 8.84. The summed E-state index contributed by atoms with van der Waals surface area (Å²) in [5.74, 6) is 0.309. The zero-order valence-corrected chi connectivity index (χ0v) is 13.8. The van der Waals surface area contributed by atoms with Gasteiger partial charge in [0.1, 0.15) is 0 Å². The molecule has 0 aromatic heterocycles. The maximum Gasteiger partial charge on any atom is 0.310 e. The first-order chi connectivity index (χ1) is 9.81. The van der Waals surface area contributed by atoms with Crippen molar-refractivity contribution >= 4 is 5.97 Å². The molecular weight excluding hydrogens is 262 g/mol. The van der Waals surface area contributed by atoms with Gasteiger partial charge in [0.15, 0.2) is 0 Å². The molecule has 1 aliphatic heterocycles. The van der Waals surface area contributed by atoms with Crippen molar-refractivity contribution in [3.8, 4) is 0 Å². The van der Waals surface area contributed by atoms with Gasteiger partial charge >= 0.3 is 5.97 Å². The van der Waals surface area contributed by atoms with Crippen LogP contribution in [0.3, 0.4) is 0 Å². The Hall–Kier alpha value is -1.35. The Kier molecular flexibility index (Phi) is 4.72. The number of rotatable bonds is 3. The third-order valence-electron chi connectivity index (χ3n) is 4.42. The van der Waals surface area contributed by atoms with Crippen LogP contribution in [0.4, 0.5) is 0 Å². The molecule has 1 saturated heterocycles. The zero-order chi connectivity index (χ0) is 15.6. The average Bonchev–Trinajstić information content (AvgIpc) is 2.78. The first kappa shape index (κ1) is 16.0. The molecule has 3 nitrogen and oxygen atoms in total. The predicted molar refractivity (Wildman–Crippen MR) is 85.1 cm³/mol. The molecule has 3 heteroatoms. The molecule has 0 saturated carbocycles. The third kappa shape index (κ3) is 3.85. The van der Waals surface area contributed by atoms with E-state index in [1.807, 2.05) is 0 Å². The second-order valence-electron chi connectivity index (χ2n) is 7.25. The predicted octanol–water partition coefficient (Wildman–Crippen LogP) is 3.23. The van der Waals surface area contributed by atoms with E-state index in [2.05, 4.69) is 56.9 Å². The second-order valence-corrected chi connectivity index (χ2v) is 7.25. The summed E-state index contributed by atoms with van der Waals surface area (Å²) in [4.78, 5) is 14.1. The number of nitrogens with zero attached hydrogens (tertiary/aromatic N) is 1. The van der Waals surface area contributed by atoms with Crippen LogP contribution in [0.1, 0.15) is 38.8 Å². The number of hydrogen-bond acceptors (Lipinski definition) is 3. The molecule has 0 amide bonds. The summed E-state index contributed by atoms with van der Waals surface area (Å²) < 4.78 is 4.89. The second kappa shape index (κ2) is 6.18. The van der Waals surface area contributed by atoms with Crippen molar-refractivity contribution in [2.45, 2.75) is 39.7 Å². The van der Waals surface area contributed by atoms with Crippen LogP contribution in [0.15, 0.2) is 24.3 Å². The summed E-state index contributed by atoms with van der Waals surface area (Å²) in [5, 5.41) is 0. The Balaban J connectivity index is 1.98.